The van der Waals surface area contributed by atoms with Gasteiger partial charge in [0, 0.05) is 35.0 Å². The highest BCUT2D eigenvalue weighted by molar-refractivity contribution is 7.08. The molecule has 0 aliphatic carbocycles. The molecule has 0 radical (unpaired) electrons. The van der Waals surface area contributed by atoms with Gasteiger partial charge in [-0.2, -0.15) is 22.7 Å². The zero-order valence-corrected chi connectivity index (χ0v) is 28.5. The van der Waals surface area contributed by atoms with E-state index in [1.165, 1.54) is 45.3 Å². The van der Waals surface area contributed by atoms with Crippen LogP contribution in [0.15, 0.2) is 45.8 Å². The third-order valence-corrected chi connectivity index (χ3v) is 10.8. The predicted octanol–water partition coefficient (Wildman–Crippen LogP) is 10.2. The molecule has 0 atom stereocenters. The Morgan fingerprint density at radius 2 is 0.891 bits per heavy atom. The van der Waals surface area contributed by atoms with Crippen molar-refractivity contribution in [2.75, 3.05) is 13.1 Å². The number of imide groups is 2. The third kappa shape index (κ3) is 5.97. The normalized spacial score (nSPS) is 14.3. The number of benzene rings is 2. The van der Waals surface area contributed by atoms with Crippen LogP contribution in [0.2, 0.25) is 0 Å². The third-order valence-electron chi connectivity index (χ3n) is 9.41. The van der Waals surface area contributed by atoms with Crippen LogP contribution in [0, 0.1) is 0 Å². The number of thiophene rings is 2. The van der Waals surface area contributed by atoms with Crippen LogP contribution in [-0.2, 0) is 0 Å². The number of hydrogen-bond donors (Lipinski definition) is 0. The molecule has 4 amide bonds. The van der Waals surface area contributed by atoms with Gasteiger partial charge in [0.05, 0.1) is 11.1 Å². The van der Waals surface area contributed by atoms with E-state index < -0.39 is 0 Å². The Bertz CT molecular complexity index is 1630. The van der Waals surface area contributed by atoms with Crippen LogP contribution in [0.3, 0.4) is 0 Å². The quantitative estimate of drug-likeness (QED) is 0.0890. The maximum absolute atomic E-state index is 14.3. The molecule has 4 heterocycles. The molecule has 0 unspecified atom stereocenters. The molecular formula is C38H42N2O4S2. The largest absolute Gasteiger partial charge is 0.274 e. The molecule has 4 aromatic rings. The minimum atomic E-state index is -0.350. The average molecular weight is 655 g/mol. The highest BCUT2D eigenvalue weighted by atomic mass is 32.1. The van der Waals surface area contributed by atoms with Crippen LogP contribution in [0.4, 0.5) is 0 Å². The van der Waals surface area contributed by atoms with Gasteiger partial charge in [-0.25, -0.2) is 0 Å². The fraction of sp³-hybridized carbons (Fsp3) is 0.421. The molecule has 2 aromatic carbocycles. The zero-order chi connectivity index (χ0) is 32.2. The van der Waals surface area contributed by atoms with Gasteiger partial charge in [0.15, 0.2) is 0 Å². The summed E-state index contributed by atoms with van der Waals surface area (Å²) < 4.78 is 0. The molecule has 0 saturated carbocycles. The van der Waals surface area contributed by atoms with Crippen molar-refractivity contribution in [3.63, 3.8) is 0 Å². The summed E-state index contributed by atoms with van der Waals surface area (Å²) in [5.74, 6) is -1.39. The molecule has 8 heteroatoms. The Balaban J connectivity index is 1.48. The lowest BCUT2D eigenvalue weighted by Gasteiger charge is -2.34. The minimum Gasteiger partial charge on any atom is -0.274 e. The lowest BCUT2D eigenvalue weighted by atomic mass is 9.79. The van der Waals surface area contributed by atoms with E-state index in [4.69, 9.17) is 0 Å². The molecule has 0 saturated heterocycles. The lowest BCUT2D eigenvalue weighted by Crippen LogP contribution is -2.44. The van der Waals surface area contributed by atoms with Crippen molar-refractivity contribution < 1.29 is 19.2 Å². The molecule has 2 aliphatic heterocycles. The molecule has 6 nitrogen and oxygen atoms in total. The Kier molecular flexibility index (Phi) is 10.1. The van der Waals surface area contributed by atoms with E-state index >= 15 is 0 Å². The summed E-state index contributed by atoms with van der Waals surface area (Å²) >= 11 is 3.04. The molecule has 6 rings (SSSR count). The second-order valence-corrected chi connectivity index (χ2v) is 14.1. The van der Waals surface area contributed by atoms with E-state index in [1.54, 1.807) is 0 Å². The molecule has 0 spiro atoms. The molecule has 2 aliphatic rings. The first kappa shape index (κ1) is 32.3. The van der Waals surface area contributed by atoms with E-state index in [-0.39, 0.29) is 23.6 Å². The van der Waals surface area contributed by atoms with Crippen molar-refractivity contribution in [1.82, 2.24) is 9.80 Å². The van der Waals surface area contributed by atoms with E-state index in [0.29, 0.717) is 57.2 Å². The highest BCUT2D eigenvalue weighted by Gasteiger charge is 2.42. The Morgan fingerprint density at radius 3 is 1.26 bits per heavy atom. The zero-order valence-electron chi connectivity index (χ0n) is 26.9. The maximum atomic E-state index is 14.3. The molecule has 0 fully saturated rings. The van der Waals surface area contributed by atoms with Crippen molar-refractivity contribution in [3.8, 4) is 22.3 Å². The smallest absolute Gasteiger partial charge is 0.262 e. The Labute approximate surface area is 279 Å². The van der Waals surface area contributed by atoms with Crippen molar-refractivity contribution in [2.45, 2.75) is 90.9 Å². The standard InChI is InChI=1S/C38H42N2O4S2/c1-3-5-7-9-11-13-17-39-35(41)29-21-28(26-16-20-46-24-26)34-32-30(36(42)40(38(34)44)18-14-12-10-8-6-4-2)22-27(25-15-19-45-23-25)33(31(29)32)37(39)43/h15-16,19-24H,3-14,17-18H2,1-2H3. The first-order valence-corrected chi connectivity index (χ1v) is 18.8. The number of unbranched alkanes of at least 4 members (excludes halogenated alkanes) is 10. The summed E-state index contributed by atoms with van der Waals surface area (Å²) in [7, 11) is 0. The van der Waals surface area contributed by atoms with Gasteiger partial charge >= 0.3 is 0 Å². The van der Waals surface area contributed by atoms with Crippen LogP contribution in [-0.4, -0.2) is 46.5 Å². The lowest BCUT2D eigenvalue weighted by molar-refractivity contribution is 0.0587. The highest BCUT2D eigenvalue weighted by Crippen LogP contribution is 2.46. The van der Waals surface area contributed by atoms with Crippen molar-refractivity contribution in [3.05, 3.63) is 68.0 Å². The summed E-state index contributed by atoms with van der Waals surface area (Å²) in [5.41, 5.74) is 4.58. The van der Waals surface area contributed by atoms with Crippen molar-refractivity contribution in [1.29, 1.82) is 0 Å². The predicted molar refractivity (Wildman–Crippen MR) is 188 cm³/mol. The van der Waals surface area contributed by atoms with Gasteiger partial charge in [-0.1, -0.05) is 78.1 Å². The molecule has 46 heavy (non-hydrogen) atoms. The van der Waals surface area contributed by atoms with Gasteiger partial charge in [0.1, 0.15) is 0 Å². The van der Waals surface area contributed by atoms with E-state index in [2.05, 4.69) is 13.8 Å². The van der Waals surface area contributed by atoms with Gasteiger partial charge in [0.2, 0.25) is 0 Å². The van der Waals surface area contributed by atoms with Gasteiger partial charge in [-0.15, -0.1) is 0 Å². The number of carbonyl (C=O) groups excluding carboxylic acids is 4. The molecule has 0 bridgehead atoms. The van der Waals surface area contributed by atoms with Crippen LogP contribution < -0.4 is 0 Å². The van der Waals surface area contributed by atoms with E-state index in [0.717, 1.165) is 75.3 Å². The summed E-state index contributed by atoms with van der Waals surface area (Å²) in [4.78, 5) is 59.9. The fourth-order valence-electron chi connectivity index (χ4n) is 6.96. The van der Waals surface area contributed by atoms with Crippen molar-refractivity contribution >= 4 is 57.1 Å². The molecule has 240 valence electrons. The number of hydrogen-bond acceptors (Lipinski definition) is 6. The number of carbonyl (C=O) groups is 4. The summed E-state index contributed by atoms with van der Waals surface area (Å²) in [6.45, 7) is 5.05. The van der Waals surface area contributed by atoms with Crippen molar-refractivity contribution in [2.24, 2.45) is 0 Å². The summed E-state index contributed by atoms with van der Waals surface area (Å²) in [6.07, 6.45) is 12.5. The molecule has 2 aromatic heterocycles. The molecular weight excluding hydrogens is 613 g/mol. The number of amides is 4. The van der Waals surface area contributed by atoms with Crippen LogP contribution in [0.25, 0.3) is 33.0 Å². The maximum Gasteiger partial charge on any atom is 0.262 e. The van der Waals surface area contributed by atoms with E-state index in [9.17, 15) is 19.2 Å². The van der Waals surface area contributed by atoms with Gasteiger partial charge in [-0.3, -0.25) is 29.0 Å². The Hall–Kier alpha value is -3.62. The second-order valence-electron chi connectivity index (χ2n) is 12.5. The first-order chi connectivity index (χ1) is 22.5. The minimum absolute atomic E-state index is 0.342. The van der Waals surface area contributed by atoms with E-state index in [1.807, 2.05) is 45.8 Å². The van der Waals surface area contributed by atoms with Crippen LogP contribution in [0.1, 0.15) is 132 Å². The molecule has 0 N–H and O–H groups in total. The monoisotopic (exact) mass is 654 g/mol. The van der Waals surface area contributed by atoms with Crippen LogP contribution >= 0.6 is 22.7 Å². The first-order valence-electron chi connectivity index (χ1n) is 16.9. The second kappa shape index (κ2) is 14.4. The number of rotatable bonds is 16. The average Bonchev–Trinajstić information content (AvgIpc) is 3.80. The SMILES string of the molecule is CCCCCCCCN1C(=O)c2cc(-c3ccsc3)c3c4c(cc(-c5ccsc5)c(c24)C1=O)C(=O)N(CCCCCCCC)C3=O. The van der Waals surface area contributed by atoms with Gasteiger partial charge < -0.3 is 0 Å². The van der Waals surface area contributed by atoms with Gasteiger partial charge in [-0.05, 0) is 80.9 Å². The Morgan fingerprint density at radius 1 is 0.500 bits per heavy atom. The van der Waals surface area contributed by atoms with Crippen LogP contribution in [0.5, 0.6) is 0 Å². The summed E-state index contributed by atoms with van der Waals surface area (Å²) in [6, 6.07) is 7.52. The summed E-state index contributed by atoms with van der Waals surface area (Å²) in [5, 5.41) is 8.74. The topological polar surface area (TPSA) is 74.8 Å². The van der Waals surface area contributed by atoms with Gasteiger partial charge in [0.25, 0.3) is 23.6 Å². The number of nitrogens with zero attached hydrogens (tertiary/aromatic N) is 2. The fourth-order valence-corrected chi connectivity index (χ4v) is 8.27.